The second kappa shape index (κ2) is 7.27. The first kappa shape index (κ1) is 14.0. The molecule has 0 unspecified atom stereocenters. The van der Waals surface area contributed by atoms with Gasteiger partial charge in [0.05, 0.1) is 5.92 Å². The summed E-state index contributed by atoms with van der Waals surface area (Å²) < 4.78 is 5.14. The fourth-order valence-corrected chi connectivity index (χ4v) is 2.12. The van der Waals surface area contributed by atoms with Gasteiger partial charge in [-0.3, -0.25) is 9.59 Å². The Balaban J connectivity index is 2.13. The average molecular weight is 243 g/mol. The molecule has 1 rings (SSSR count). The number of carbonyl (C=O) groups is 2. The summed E-state index contributed by atoms with van der Waals surface area (Å²) >= 11 is 0. The van der Waals surface area contributed by atoms with Crippen LogP contribution in [0.4, 0.5) is 0 Å². The van der Waals surface area contributed by atoms with Crippen molar-refractivity contribution in [3.63, 3.8) is 0 Å². The third-order valence-electron chi connectivity index (χ3n) is 3.04. The molecular formula is C12H21NO4. The fraction of sp³-hybridized carbons (Fsp3) is 0.833. The Morgan fingerprint density at radius 1 is 1.41 bits per heavy atom. The minimum atomic E-state index is -0.752. The predicted molar refractivity (Wildman–Crippen MR) is 62.6 cm³/mol. The smallest absolute Gasteiger partial charge is 0.306 e. The number of rotatable bonds is 7. The summed E-state index contributed by atoms with van der Waals surface area (Å²) in [6.45, 7) is 3.20. The lowest BCUT2D eigenvalue weighted by Gasteiger charge is -2.12. The summed E-state index contributed by atoms with van der Waals surface area (Å²) in [6, 6.07) is 0.0377. The van der Waals surface area contributed by atoms with Crippen LogP contribution in [0.5, 0.6) is 0 Å². The van der Waals surface area contributed by atoms with E-state index in [9.17, 15) is 9.59 Å². The second-order valence-corrected chi connectivity index (χ2v) is 4.41. The van der Waals surface area contributed by atoms with Gasteiger partial charge in [0.25, 0.3) is 0 Å². The number of carboxylic acid groups (broad SMARTS) is 1. The minimum absolute atomic E-state index is 0.000687. The standard InChI is InChI=1S/C12H21NO4/c1-2-17-7-3-4-11(14)13-10-6-5-9(8-10)12(15)16/h9-10H,2-8H2,1H3,(H,13,14)(H,15,16)/t9-,10+/m1/s1. The van der Waals surface area contributed by atoms with E-state index < -0.39 is 5.97 Å². The number of aliphatic carboxylic acids is 1. The highest BCUT2D eigenvalue weighted by atomic mass is 16.5. The van der Waals surface area contributed by atoms with Gasteiger partial charge in [0, 0.05) is 25.7 Å². The Morgan fingerprint density at radius 2 is 2.18 bits per heavy atom. The SMILES string of the molecule is CCOCCCC(=O)N[C@H]1CC[C@@H](C(=O)O)C1. The molecule has 0 aromatic rings. The summed E-state index contributed by atoms with van der Waals surface area (Å²) in [5.41, 5.74) is 0. The molecule has 2 N–H and O–H groups in total. The van der Waals surface area contributed by atoms with Gasteiger partial charge in [-0.05, 0) is 32.6 Å². The molecular weight excluding hydrogens is 222 g/mol. The minimum Gasteiger partial charge on any atom is -0.481 e. The van der Waals surface area contributed by atoms with Gasteiger partial charge in [0.15, 0.2) is 0 Å². The molecule has 98 valence electrons. The maximum absolute atomic E-state index is 11.5. The van der Waals surface area contributed by atoms with Crippen LogP contribution in [-0.2, 0) is 14.3 Å². The Kier molecular flexibility index (Phi) is 5.97. The van der Waals surface area contributed by atoms with Crippen LogP contribution < -0.4 is 5.32 Å². The van der Waals surface area contributed by atoms with Crippen LogP contribution in [0.3, 0.4) is 0 Å². The van der Waals surface area contributed by atoms with Gasteiger partial charge in [-0.2, -0.15) is 0 Å². The monoisotopic (exact) mass is 243 g/mol. The van der Waals surface area contributed by atoms with Crippen molar-refractivity contribution in [2.75, 3.05) is 13.2 Å². The van der Waals surface area contributed by atoms with Gasteiger partial charge < -0.3 is 15.2 Å². The maximum atomic E-state index is 11.5. The highest BCUT2D eigenvalue weighted by molar-refractivity contribution is 5.76. The van der Waals surface area contributed by atoms with Gasteiger partial charge in [-0.15, -0.1) is 0 Å². The molecule has 0 saturated heterocycles. The normalized spacial score (nSPS) is 23.6. The fourth-order valence-electron chi connectivity index (χ4n) is 2.12. The highest BCUT2D eigenvalue weighted by Crippen LogP contribution is 2.25. The number of nitrogens with one attached hydrogen (secondary N) is 1. The lowest BCUT2D eigenvalue weighted by molar-refractivity contribution is -0.141. The molecule has 0 aromatic heterocycles. The molecule has 5 heteroatoms. The summed E-state index contributed by atoms with van der Waals surface area (Å²) in [6.07, 6.45) is 3.17. The van der Waals surface area contributed by atoms with E-state index in [0.717, 1.165) is 12.8 Å². The Hall–Kier alpha value is -1.10. The second-order valence-electron chi connectivity index (χ2n) is 4.41. The maximum Gasteiger partial charge on any atom is 0.306 e. The van der Waals surface area contributed by atoms with Crippen molar-refractivity contribution >= 4 is 11.9 Å². The van der Waals surface area contributed by atoms with Gasteiger partial charge in [-0.1, -0.05) is 0 Å². The predicted octanol–water partition coefficient (Wildman–Crippen LogP) is 1.17. The third kappa shape index (κ3) is 5.17. The van der Waals surface area contributed by atoms with Gasteiger partial charge >= 0.3 is 5.97 Å². The van der Waals surface area contributed by atoms with Gasteiger partial charge in [-0.25, -0.2) is 0 Å². The van der Waals surface area contributed by atoms with Crippen LogP contribution in [0.25, 0.3) is 0 Å². The van der Waals surface area contributed by atoms with Gasteiger partial charge in [0.2, 0.25) is 5.91 Å². The van der Waals surface area contributed by atoms with Crippen molar-refractivity contribution in [1.29, 1.82) is 0 Å². The van der Waals surface area contributed by atoms with E-state index in [1.54, 1.807) is 0 Å². The molecule has 2 atom stereocenters. The van der Waals surface area contributed by atoms with E-state index in [4.69, 9.17) is 9.84 Å². The number of carbonyl (C=O) groups excluding carboxylic acids is 1. The molecule has 1 amide bonds. The Morgan fingerprint density at radius 3 is 2.76 bits per heavy atom. The molecule has 1 aliphatic rings. The zero-order valence-corrected chi connectivity index (χ0v) is 10.3. The average Bonchev–Trinajstić information content (AvgIpc) is 2.73. The molecule has 1 aliphatic carbocycles. The number of amides is 1. The molecule has 0 aromatic carbocycles. The van der Waals surface area contributed by atoms with Crippen molar-refractivity contribution in [3.8, 4) is 0 Å². The molecule has 0 heterocycles. The molecule has 0 aliphatic heterocycles. The third-order valence-corrected chi connectivity index (χ3v) is 3.04. The highest BCUT2D eigenvalue weighted by Gasteiger charge is 2.30. The van der Waals surface area contributed by atoms with Crippen molar-refractivity contribution in [3.05, 3.63) is 0 Å². The van der Waals surface area contributed by atoms with Crippen molar-refractivity contribution in [2.45, 2.75) is 45.1 Å². The zero-order chi connectivity index (χ0) is 12.7. The topological polar surface area (TPSA) is 75.6 Å². The van der Waals surface area contributed by atoms with E-state index in [2.05, 4.69) is 5.32 Å². The van der Waals surface area contributed by atoms with Crippen LogP contribution in [0.2, 0.25) is 0 Å². The molecule has 17 heavy (non-hydrogen) atoms. The lowest BCUT2D eigenvalue weighted by Crippen LogP contribution is -2.33. The van der Waals surface area contributed by atoms with Crippen LogP contribution in [0.15, 0.2) is 0 Å². The summed E-state index contributed by atoms with van der Waals surface area (Å²) in [7, 11) is 0. The quantitative estimate of drug-likeness (QED) is 0.658. The van der Waals surface area contributed by atoms with E-state index in [0.29, 0.717) is 32.5 Å². The molecule has 0 spiro atoms. The first-order valence-corrected chi connectivity index (χ1v) is 6.23. The summed E-state index contributed by atoms with van der Waals surface area (Å²) in [4.78, 5) is 22.3. The van der Waals surface area contributed by atoms with Crippen LogP contribution in [0, 0.1) is 5.92 Å². The first-order chi connectivity index (χ1) is 8.13. The van der Waals surface area contributed by atoms with E-state index in [1.807, 2.05) is 6.92 Å². The number of hydrogen-bond acceptors (Lipinski definition) is 3. The number of hydrogen-bond donors (Lipinski definition) is 2. The Labute approximate surface area is 102 Å². The molecule has 5 nitrogen and oxygen atoms in total. The summed E-state index contributed by atoms with van der Waals surface area (Å²) in [5.74, 6) is -1.04. The zero-order valence-electron chi connectivity index (χ0n) is 10.3. The number of ether oxygens (including phenoxy) is 1. The van der Waals surface area contributed by atoms with Crippen LogP contribution in [0.1, 0.15) is 39.0 Å². The van der Waals surface area contributed by atoms with E-state index >= 15 is 0 Å². The first-order valence-electron chi connectivity index (χ1n) is 6.23. The molecule has 0 bridgehead atoms. The lowest BCUT2D eigenvalue weighted by atomic mass is 10.1. The van der Waals surface area contributed by atoms with Gasteiger partial charge in [0.1, 0.15) is 0 Å². The van der Waals surface area contributed by atoms with Crippen LogP contribution in [-0.4, -0.2) is 36.2 Å². The largest absolute Gasteiger partial charge is 0.481 e. The molecule has 0 radical (unpaired) electrons. The van der Waals surface area contributed by atoms with Crippen molar-refractivity contribution in [2.24, 2.45) is 5.92 Å². The van der Waals surface area contributed by atoms with Crippen molar-refractivity contribution in [1.82, 2.24) is 5.32 Å². The van der Waals surface area contributed by atoms with E-state index in [1.165, 1.54) is 0 Å². The van der Waals surface area contributed by atoms with E-state index in [-0.39, 0.29) is 17.9 Å². The molecule has 1 saturated carbocycles. The summed E-state index contributed by atoms with van der Waals surface area (Å²) in [5, 5.41) is 11.7. The number of carboxylic acids is 1. The molecule has 1 fully saturated rings. The Bertz CT molecular complexity index is 267. The van der Waals surface area contributed by atoms with Crippen molar-refractivity contribution < 1.29 is 19.4 Å². The van der Waals surface area contributed by atoms with Crippen LogP contribution >= 0.6 is 0 Å².